The Hall–Kier alpha value is -2.68. The van der Waals surface area contributed by atoms with Crippen molar-refractivity contribution in [3.8, 4) is 0 Å². The summed E-state index contributed by atoms with van der Waals surface area (Å²) in [5.74, 6) is -0.285. The largest absolute Gasteiger partial charge is 0.466 e. The van der Waals surface area contributed by atoms with Crippen molar-refractivity contribution in [1.82, 2.24) is 9.97 Å². The van der Waals surface area contributed by atoms with Crippen LogP contribution in [0.2, 0.25) is 0 Å². The predicted octanol–water partition coefficient (Wildman–Crippen LogP) is 1.98. The Morgan fingerprint density at radius 3 is 2.86 bits per heavy atom. The van der Waals surface area contributed by atoms with Gasteiger partial charge in [0.05, 0.1) is 23.6 Å². The molecule has 1 aromatic heterocycles. The van der Waals surface area contributed by atoms with Crippen LogP contribution < -0.4 is 10.6 Å². The number of aryl methyl sites for hydroxylation is 1. The topological polar surface area (TPSA) is 115 Å². The van der Waals surface area contributed by atoms with Gasteiger partial charge >= 0.3 is 5.97 Å². The van der Waals surface area contributed by atoms with E-state index in [0.29, 0.717) is 25.6 Å². The second-order valence-corrected chi connectivity index (χ2v) is 8.69. The first kappa shape index (κ1) is 20.1. The number of nitrogens with zero attached hydrogens (tertiary/aromatic N) is 3. The van der Waals surface area contributed by atoms with Gasteiger partial charge in [-0.05, 0) is 44.4 Å². The van der Waals surface area contributed by atoms with Gasteiger partial charge in [0, 0.05) is 13.1 Å². The smallest absolute Gasteiger partial charge is 0.310 e. The fourth-order valence-electron chi connectivity index (χ4n) is 3.25. The third-order valence-corrected chi connectivity index (χ3v) is 6.45. The van der Waals surface area contributed by atoms with Crippen molar-refractivity contribution in [1.29, 1.82) is 0 Å². The number of hydrogen-bond acceptors (Lipinski definition) is 8. The number of carbonyl (C=O) groups is 1. The van der Waals surface area contributed by atoms with E-state index in [9.17, 15) is 13.2 Å². The summed E-state index contributed by atoms with van der Waals surface area (Å²) < 4.78 is 30.8. The van der Waals surface area contributed by atoms with E-state index in [1.807, 2.05) is 17.9 Å². The number of sulfone groups is 1. The molecule has 1 atom stereocenters. The van der Waals surface area contributed by atoms with Crippen molar-refractivity contribution < 1.29 is 17.9 Å². The number of benzene rings is 1. The summed E-state index contributed by atoms with van der Waals surface area (Å²) in [5, 5.41) is 0. The Kier molecular flexibility index (Phi) is 5.83. The molecule has 0 amide bonds. The SMILES string of the molecule is CCOC(=O)[C@H]1CCCN(c2ncc(S(=O)(=O)c3cccc(C)c3)c(N)n2)C1. The lowest BCUT2D eigenvalue weighted by Crippen LogP contribution is -2.40. The van der Waals surface area contributed by atoms with Crippen molar-refractivity contribution in [3.63, 3.8) is 0 Å². The van der Waals surface area contributed by atoms with Crippen LogP contribution in [0.3, 0.4) is 0 Å². The summed E-state index contributed by atoms with van der Waals surface area (Å²) in [6.45, 7) is 5.01. The molecule has 2 heterocycles. The van der Waals surface area contributed by atoms with E-state index in [2.05, 4.69) is 9.97 Å². The highest BCUT2D eigenvalue weighted by atomic mass is 32.2. The third-order valence-electron chi connectivity index (χ3n) is 4.68. The van der Waals surface area contributed by atoms with Gasteiger partial charge in [-0.2, -0.15) is 4.98 Å². The number of rotatable bonds is 5. The average Bonchev–Trinajstić information content (AvgIpc) is 2.68. The molecule has 2 aromatic rings. The Bertz CT molecular complexity index is 978. The molecule has 0 aliphatic carbocycles. The summed E-state index contributed by atoms with van der Waals surface area (Å²) in [6.07, 6.45) is 2.77. The van der Waals surface area contributed by atoms with Gasteiger partial charge in [0.15, 0.2) is 0 Å². The van der Waals surface area contributed by atoms with Gasteiger partial charge in [-0.25, -0.2) is 13.4 Å². The van der Waals surface area contributed by atoms with Crippen LogP contribution in [-0.2, 0) is 19.4 Å². The average molecular weight is 404 g/mol. The summed E-state index contributed by atoms with van der Waals surface area (Å²) in [5.41, 5.74) is 6.81. The van der Waals surface area contributed by atoms with Gasteiger partial charge in [0.2, 0.25) is 15.8 Å². The van der Waals surface area contributed by atoms with Crippen LogP contribution in [0, 0.1) is 12.8 Å². The fraction of sp³-hybridized carbons (Fsp3) is 0.421. The standard InChI is InChI=1S/C19H24N4O4S/c1-3-27-18(24)14-7-5-9-23(12-14)19-21-11-16(17(20)22-19)28(25,26)15-8-4-6-13(2)10-15/h4,6,8,10-11,14H,3,5,7,9,12H2,1-2H3,(H2,20,21,22)/t14-/m0/s1. The molecule has 0 radical (unpaired) electrons. The van der Waals surface area contributed by atoms with Gasteiger partial charge in [-0.3, -0.25) is 4.79 Å². The molecule has 0 spiro atoms. The maximum absolute atomic E-state index is 12.9. The Balaban J connectivity index is 1.85. The monoisotopic (exact) mass is 404 g/mol. The molecule has 8 nitrogen and oxygen atoms in total. The van der Waals surface area contributed by atoms with E-state index in [4.69, 9.17) is 10.5 Å². The quantitative estimate of drug-likeness (QED) is 0.752. The fourth-order valence-corrected chi connectivity index (χ4v) is 4.62. The predicted molar refractivity (Wildman–Crippen MR) is 105 cm³/mol. The first-order valence-corrected chi connectivity index (χ1v) is 10.7. The number of aromatic nitrogens is 2. The number of carbonyl (C=O) groups excluding carboxylic acids is 1. The second-order valence-electron chi connectivity index (χ2n) is 6.78. The van der Waals surface area contributed by atoms with Gasteiger partial charge < -0.3 is 15.4 Å². The molecule has 0 unspecified atom stereocenters. The van der Waals surface area contributed by atoms with Crippen LogP contribution >= 0.6 is 0 Å². The molecular formula is C19H24N4O4S. The highest BCUT2D eigenvalue weighted by molar-refractivity contribution is 7.91. The van der Waals surface area contributed by atoms with Crippen LogP contribution in [0.4, 0.5) is 11.8 Å². The molecule has 1 saturated heterocycles. The Morgan fingerprint density at radius 1 is 1.39 bits per heavy atom. The lowest BCUT2D eigenvalue weighted by molar-refractivity contribution is -0.148. The first-order chi connectivity index (χ1) is 13.3. The van der Waals surface area contributed by atoms with E-state index >= 15 is 0 Å². The zero-order valence-corrected chi connectivity index (χ0v) is 16.8. The number of nitrogen functional groups attached to an aromatic ring is 1. The minimum absolute atomic E-state index is 0.107. The van der Waals surface area contributed by atoms with Gasteiger partial charge in [-0.1, -0.05) is 12.1 Å². The lowest BCUT2D eigenvalue weighted by atomic mass is 9.98. The first-order valence-electron chi connectivity index (χ1n) is 9.18. The molecule has 9 heteroatoms. The summed E-state index contributed by atoms with van der Waals surface area (Å²) >= 11 is 0. The Labute approximate surface area is 164 Å². The Morgan fingerprint density at radius 2 is 2.18 bits per heavy atom. The van der Waals surface area contributed by atoms with E-state index in [-0.39, 0.29) is 27.5 Å². The van der Waals surface area contributed by atoms with E-state index in [1.54, 1.807) is 19.1 Å². The number of nitrogens with two attached hydrogens (primary N) is 1. The minimum Gasteiger partial charge on any atom is -0.466 e. The van der Waals surface area contributed by atoms with E-state index < -0.39 is 9.84 Å². The maximum atomic E-state index is 12.9. The zero-order valence-electron chi connectivity index (χ0n) is 16.0. The molecule has 2 N–H and O–H groups in total. The van der Waals surface area contributed by atoms with Crippen molar-refractivity contribution in [2.75, 3.05) is 30.3 Å². The molecule has 28 heavy (non-hydrogen) atoms. The van der Waals surface area contributed by atoms with Crippen LogP contribution in [0.1, 0.15) is 25.3 Å². The van der Waals surface area contributed by atoms with Crippen LogP contribution in [0.5, 0.6) is 0 Å². The van der Waals surface area contributed by atoms with Crippen molar-refractivity contribution in [3.05, 3.63) is 36.0 Å². The minimum atomic E-state index is -3.81. The molecule has 0 saturated carbocycles. The van der Waals surface area contributed by atoms with Gasteiger partial charge in [0.1, 0.15) is 10.7 Å². The molecule has 1 aliphatic heterocycles. The van der Waals surface area contributed by atoms with E-state index in [1.165, 1.54) is 12.3 Å². The summed E-state index contributed by atoms with van der Waals surface area (Å²) in [7, 11) is -3.81. The molecule has 150 valence electrons. The number of ether oxygens (including phenoxy) is 1. The summed E-state index contributed by atoms with van der Waals surface area (Å²) in [6, 6.07) is 6.59. The second kappa shape index (κ2) is 8.14. The number of hydrogen-bond donors (Lipinski definition) is 1. The van der Waals surface area contributed by atoms with Crippen LogP contribution in [0.15, 0.2) is 40.3 Å². The number of piperidine rings is 1. The van der Waals surface area contributed by atoms with Gasteiger partial charge in [0.25, 0.3) is 0 Å². The molecule has 1 fully saturated rings. The molecule has 3 rings (SSSR count). The van der Waals surface area contributed by atoms with Crippen molar-refractivity contribution in [2.45, 2.75) is 36.5 Å². The maximum Gasteiger partial charge on any atom is 0.310 e. The molecule has 1 aliphatic rings. The third kappa shape index (κ3) is 4.09. The molecular weight excluding hydrogens is 380 g/mol. The number of esters is 1. The van der Waals surface area contributed by atoms with Crippen molar-refractivity contribution in [2.24, 2.45) is 5.92 Å². The van der Waals surface area contributed by atoms with Crippen LogP contribution in [-0.4, -0.2) is 44.1 Å². The highest BCUT2D eigenvalue weighted by Gasteiger charge is 2.29. The van der Waals surface area contributed by atoms with Gasteiger partial charge in [-0.15, -0.1) is 0 Å². The lowest BCUT2D eigenvalue weighted by Gasteiger charge is -2.31. The highest BCUT2D eigenvalue weighted by Crippen LogP contribution is 2.27. The normalized spacial score (nSPS) is 17.4. The van der Waals surface area contributed by atoms with Crippen LogP contribution in [0.25, 0.3) is 0 Å². The number of anilines is 2. The van der Waals surface area contributed by atoms with Crippen molar-refractivity contribution >= 4 is 27.6 Å². The van der Waals surface area contributed by atoms with E-state index in [0.717, 1.165) is 18.4 Å². The summed E-state index contributed by atoms with van der Waals surface area (Å²) in [4.78, 5) is 22.3. The molecule has 1 aromatic carbocycles. The molecule has 0 bridgehead atoms. The zero-order chi connectivity index (χ0) is 20.3.